The quantitative estimate of drug-likeness (QED) is 0.802. The van der Waals surface area contributed by atoms with Crippen LogP contribution in [-0.2, 0) is 6.54 Å². The van der Waals surface area contributed by atoms with Crippen LogP contribution in [-0.4, -0.2) is 41.7 Å². The zero-order valence-electron chi connectivity index (χ0n) is 12.1. The van der Waals surface area contributed by atoms with Gasteiger partial charge in [0.25, 0.3) is 0 Å². The SMILES string of the molecule is CCCN1CCC[C@H]1CNCc1ccc(C(=O)O)cc1. The van der Waals surface area contributed by atoms with Crippen LogP contribution in [0.15, 0.2) is 24.3 Å². The second-order valence-corrected chi connectivity index (χ2v) is 5.46. The Morgan fingerprint density at radius 3 is 2.80 bits per heavy atom. The Morgan fingerprint density at radius 2 is 2.15 bits per heavy atom. The summed E-state index contributed by atoms with van der Waals surface area (Å²) in [5.41, 5.74) is 1.48. The van der Waals surface area contributed by atoms with Gasteiger partial charge in [0, 0.05) is 19.1 Å². The third kappa shape index (κ3) is 4.05. The highest BCUT2D eigenvalue weighted by atomic mass is 16.4. The van der Waals surface area contributed by atoms with Crippen LogP contribution in [0.1, 0.15) is 42.1 Å². The Hall–Kier alpha value is -1.39. The lowest BCUT2D eigenvalue weighted by atomic mass is 10.1. The van der Waals surface area contributed by atoms with E-state index < -0.39 is 5.97 Å². The number of aromatic carboxylic acids is 1. The molecule has 1 saturated heterocycles. The second kappa shape index (κ2) is 7.41. The molecule has 0 unspecified atom stereocenters. The summed E-state index contributed by atoms with van der Waals surface area (Å²) in [6.07, 6.45) is 3.80. The number of benzene rings is 1. The van der Waals surface area contributed by atoms with Gasteiger partial charge < -0.3 is 10.4 Å². The maximum Gasteiger partial charge on any atom is 0.335 e. The number of carbonyl (C=O) groups is 1. The first-order chi connectivity index (χ1) is 9.70. The van der Waals surface area contributed by atoms with Gasteiger partial charge in [0.05, 0.1) is 5.56 Å². The average molecular weight is 276 g/mol. The largest absolute Gasteiger partial charge is 0.478 e. The van der Waals surface area contributed by atoms with E-state index in [1.54, 1.807) is 12.1 Å². The van der Waals surface area contributed by atoms with E-state index in [0.29, 0.717) is 11.6 Å². The molecule has 2 rings (SSSR count). The van der Waals surface area contributed by atoms with Crippen LogP contribution in [0.2, 0.25) is 0 Å². The second-order valence-electron chi connectivity index (χ2n) is 5.46. The molecule has 0 aromatic heterocycles. The van der Waals surface area contributed by atoms with Crippen molar-refractivity contribution < 1.29 is 9.90 Å². The van der Waals surface area contributed by atoms with Gasteiger partial charge in [0.15, 0.2) is 0 Å². The third-order valence-corrected chi connectivity index (χ3v) is 3.92. The zero-order chi connectivity index (χ0) is 14.4. The number of nitrogens with one attached hydrogen (secondary N) is 1. The molecule has 2 N–H and O–H groups in total. The fourth-order valence-corrected chi connectivity index (χ4v) is 2.86. The van der Waals surface area contributed by atoms with Crippen molar-refractivity contribution in [3.63, 3.8) is 0 Å². The minimum atomic E-state index is -0.870. The Labute approximate surface area is 120 Å². The van der Waals surface area contributed by atoms with E-state index in [1.165, 1.54) is 32.4 Å². The lowest BCUT2D eigenvalue weighted by Crippen LogP contribution is -2.38. The Bertz CT molecular complexity index is 431. The Kier molecular flexibility index (Phi) is 5.56. The molecule has 0 amide bonds. The molecule has 1 aromatic rings. The monoisotopic (exact) mass is 276 g/mol. The highest BCUT2D eigenvalue weighted by Crippen LogP contribution is 2.16. The minimum absolute atomic E-state index is 0.346. The van der Waals surface area contributed by atoms with E-state index >= 15 is 0 Å². The molecule has 0 radical (unpaired) electrons. The zero-order valence-corrected chi connectivity index (χ0v) is 12.1. The van der Waals surface area contributed by atoms with Crippen LogP contribution in [0.25, 0.3) is 0 Å². The van der Waals surface area contributed by atoms with E-state index in [2.05, 4.69) is 17.1 Å². The van der Waals surface area contributed by atoms with Crippen LogP contribution in [0, 0.1) is 0 Å². The average Bonchev–Trinajstić information content (AvgIpc) is 2.87. The van der Waals surface area contributed by atoms with Gasteiger partial charge in [-0.15, -0.1) is 0 Å². The summed E-state index contributed by atoms with van der Waals surface area (Å²) in [6, 6.07) is 7.76. The van der Waals surface area contributed by atoms with E-state index in [-0.39, 0.29) is 0 Å². The number of carboxylic acids is 1. The van der Waals surface area contributed by atoms with Gasteiger partial charge in [0.1, 0.15) is 0 Å². The van der Waals surface area contributed by atoms with Crippen molar-refractivity contribution in [1.29, 1.82) is 0 Å². The van der Waals surface area contributed by atoms with Crippen molar-refractivity contribution in [2.24, 2.45) is 0 Å². The normalized spacial score (nSPS) is 19.4. The lowest BCUT2D eigenvalue weighted by molar-refractivity contribution is 0.0697. The van der Waals surface area contributed by atoms with Crippen molar-refractivity contribution in [3.05, 3.63) is 35.4 Å². The van der Waals surface area contributed by atoms with Gasteiger partial charge in [-0.05, 0) is 50.0 Å². The van der Waals surface area contributed by atoms with Crippen LogP contribution in [0.3, 0.4) is 0 Å². The van der Waals surface area contributed by atoms with Crippen LogP contribution in [0.4, 0.5) is 0 Å². The first-order valence-corrected chi connectivity index (χ1v) is 7.47. The lowest BCUT2D eigenvalue weighted by Gasteiger charge is -2.24. The summed E-state index contributed by atoms with van der Waals surface area (Å²) in [7, 11) is 0. The van der Waals surface area contributed by atoms with E-state index in [1.807, 2.05) is 12.1 Å². The molecule has 0 spiro atoms. The van der Waals surface area contributed by atoms with Crippen LogP contribution in [0.5, 0.6) is 0 Å². The van der Waals surface area contributed by atoms with Crippen LogP contribution < -0.4 is 5.32 Å². The number of hydrogen-bond acceptors (Lipinski definition) is 3. The summed E-state index contributed by atoms with van der Waals surface area (Å²) in [4.78, 5) is 13.3. The molecule has 0 bridgehead atoms. The maximum atomic E-state index is 10.8. The van der Waals surface area contributed by atoms with Crippen molar-refractivity contribution >= 4 is 5.97 Å². The number of rotatable bonds is 7. The highest BCUT2D eigenvalue weighted by molar-refractivity contribution is 5.87. The predicted molar refractivity (Wildman–Crippen MR) is 80.0 cm³/mol. The summed E-state index contributed by atoms with van der Waals surface area (Å²) in [5.74, 6) is -0.870. The van der Waals surface area contributed by atoms with Crippen molar-refractivity contribution in [3.8, 4) is 0 Å². The van der Waals surface area contributed by atoms with E-state index in [0.717, 1.165) is 18.7 Å². The molecule has 1 fully saturated rings. The fraction of sp³-hybridized carbons (Fsp3) is 0.562. The molecular weight excluding hydrogens is 252 g/mol. The molecule has 110 valence electrons. The Morgan fingerprint density at radius 1 is 1.40 bits per heavy atom. The molecule has 1 aliphatic heterocycles. The van der Waals surface area contributed by atoms with Crippen molar-refractivity contribution in [2.75, 3.05) is 19.6 Å². The molecule has 4 nitrogen and oxygen atoms in total. The molecule has 1 aliphatic rings. The van der Waals surface area contributed by atoms with Gasteiger partial charge >= 0.3 is 5.97 Å². The molecule has 0 aliphatic carbocycles. The standard InChI is InChI=1S/C16H24N2O2/c1-2-9-18-10-3-4-15(18)12-17-11-13-5-7-14(8-6-13)16(19)20/h5-8,15,17H,2-4,9-12H2,1H3,(H,19,20)/t15-/m0/s1. The maximum absolute atomic E-state index is 10.8. The highest BCUT2D eigenvalue weighted by Gasteiger charge is 2.22. The topological polar surface area (TPSA) is 52.6 Å². The molecule has 20 heavy (non-hydrogen) atoms. The van der Waals surface area contributed by atoms with Gasteiger partial charge in [0.2, 0.25) is 0 Å². The van der Waals surface area contributed by atoms with E-state index in [9.17, 15) is 4.79 Å². The van der Waals surface area contributed by atoms with Crippen LogP contribution >= 0.6 is 0 Å². The van der Waals surface area contributed by atoms with Gasteiger partial charge in [-0.2, -0.15) is 0 Å². The number of hydrogen-bond donors (Lipinski definition) is 2. The van der Waals surface area contributed by atoms with Gasteiger partial charge in [-0.1, -0.05) is 19.1 Å². The number of likely N-dealkylation sites (tertiary alicyclic amines) is 1. The summed E-state index contributed by atoms with van der Waals surface area (Å²) in [6.45, 7) is 6.47. The molecule has 4 heteroatoms. The van der Waals surface area contributed by atoms with Crippen molar-refractivity contribution in [2.45, 2.75) is 38.8 Å². The smallest absolute Gasteiger partial charge is 0.335 e. The number of nitrogens with zero attached hydrogens (tertiary/aromatic N) is 1. The fourth-order valence-electron chi connectivity index (χ4n) is 2.86. The van der Waals surface area contributed by atoms with Gasteiger partial charge in [-0.3, -0.25) is 4.90 Å². The predicted octanol–water partition coefficient (Wildman–Crippen LogP) is 2.35. The molecule has 1 heterocycles. The first kappa shape index (κ1) is 15.0. The molecule has 1 aromatic carbocycles. The van der Waals surface area contributed by atoms with E-state index in [4.69, 9.17) is 5.11 Å². The first-order valence-electron chi connectivity index (χ1n) is 7.47. The molecule has 1 atom stereocenters. The summed E-state index contributed by atoms with van der Waals surface area (Å²) in [5, 5.41) is 12.3. The third-order valence-electron chi connectivity index (χ3n) is 3.92. The molecular formula is C16H24N2O2. The summed E-state index contributed by atoms with van der Waals surface area (Å²) < 4.78 is 0. The number of carboxylic acid groups (broad SMARTS) is 1. The summed E-state index contributed by atoms with van der Waals surface area (Å²) >= 11 is 0. The Balaban J connectivity index is 1.76. The minimum Gasteiger partial charge on any atom is -0.478 e. The van der Waals surface area contributed by atoms with Gasteiger partial charge in [-0.25, -0.2) is 4.79 Å². The molecule has 0 saturated carbocycles. The van der Waals surface area contributed by atoms with Crippen molar-refractivity contribution in [1.82, 2.24) is 10.2 Å².